The molecule has 21 heavy (non-hydrogen) atoms. The Bertz CT molecular complexity index is 740. The number of anilines is 1. The molecule has 0 spiro atoms. The lowest BCUT2D eigenvalue weighted by atomic mass is 10.3. The first-order valence-electron chi connectivity index (χ1n) is 6.18. The van der Waals surface area contributed by atoms with E-state index in [1.807, 2.05) is 0 Å². The van der Waals surface area contributed by atoms with Gasteiger partial charge >= 0.3 is 0 Å². The molecule has 0 amide bonds. The van der Waals surface area contributed by atoms with Gasteiger partial charge in [-0.25, -0.2) is 8.42 Å². The number of thiophene rings is 1. The first kappa shape index (κ1) is 16.1. The van der Waals surface area contributed by atoms with Crippen molar-refractivity contribution in [2.45, 2.75) is 17.7 Å². The zero-order chi connectivity index (χ0) is 15.6. The molecule has 7 heteroatoms. The summed E-state index contributed by atoms with van der Waals surface area (Å²) < 4.78 is 31.8. The monoisotopic (exact) mass is 345 g/mol. The minimum atomic E-state index is -3.61. The summed E-state index contributed by atoms with van der Waals surface area (Å²) in [7, 11) is -0.533. The van der Waals surface area contributed by atoms with Gasteiger partial charge in [-0.05, 0) is 25.1 Å². The van der Waals surface area contributed by atoms with Crippen LogP contribution in [0.15, 0.2) is 35.2 Å². The molecule has 2 rings (SSSR count). The van der Waals surface area contributed by atoms with Crippen LogP contribution in [0.1, 0.15) is 9.75 Å². The molecule has 1 heterocycles. The fourth-order valence-corrected chi connectivity index (χ4v) is 4.82. The van der Waals surface area contributed by atoms with E-state index in [2.05, 4.69) is 0 Å². The highest BCUT2D eigenvalue weighted by molar-refractivity contribution is 7.93. The Morgan fingerprint density at radius 2 is 2.05 bits per heavy atom. The van der Waals surface area contributed by atoms with Crippen LogP contribution in [0.4, 0.5) is 5.69 Å². The Morgan fingerprint density at radius 1 is 1.33 bits per heavy atom. The van der Waals surface area contributed by atoms with E-state index in [4.69, 9.17) is 16.3 Å². The Hall–Kier alpha value is -1.24. The summed E-state index contributed by atoms with van der Waals surface area (Å²) in [5.74, 6) is 0.919. The predicted octanol–water partition coefficient (Wildman–Crippen LogP) is 3.63. The summed E-state index contributed by atoms with van der Waals surface area (Å²) in [4.78, 5) is 1.88. The quantitative estimate of drug-likeness (QED) is 0.777. The topological polar surface area (TPSA) is 46.6 Å². The zero-order valence-electron chi connectivity index (χ0n) is 12.0. The Kier molecular flexibility index (Phi) is 4.81. The van der Waals surface area contributed by atoms with E-state index in [0.717, 1.165) is 9.75 Å². The number of hydrogen-bond acceptors (Lipinski definition) is 4. The standard InChI is InChI=1S/C14H16ClNO3S2/c1-10-14(8-13(9-15)20-10)21(17,18)16(2)11-5-4-6-12(7-11)19-3/h4-8H,9H2,1-3H3. The van der Waals surface area contributed by atoms with Gasteiger partial charge in [0.25, 0.3) is 10.0 Å². The van der Waals surface area contributed by atoms with Crippen LogP contribution in [0.5, 0.6) is 5.75 Å². The maximum atomic E-state index is 12.7. The van der Waals surface area contributed by atoms with Crippen molar-refractivity contribution in [3.8, 4) is 5.75 Å². The van der Waals surface area contributed by atoms with Crippen molar-refractivity contribution >= 4 is 38.6 Å². The van der Waals surface area contributed by atoms with Crippen LogP contribution < -0.4 is 9.04 Å². The molecule has 4 nitrogen and oxygen atoms in total. The van der Waals surface area contributed by atoms with Gasteiger partial charge in [0.1, 0.15) is 10.6 Å². The van der Waals surface area contributed by atoms with Gasteiger partial charge in [-0.2, -0.15) is 0 Å². The molecule has 0 aliphatic rings. The number of halogens is 1. The largest absolute Gasteiger partial charge is 0.497 e. The second-order valence-corrected chi connectivity index (χ2v) is 7.99. The molecule has 0 aliphatic heterocycles. The van der Waals surface area contributed by atoms with Crippen molar-refractivity contribution in [1.82, 2.24) is 0 Å². The van der Waals surface area contributed by atoms with E-state index < -0.39 is 10.0 Å². The number of methoxy groups -OCH3 is 1. The van der Waals surface area contributed by atoms with Gasteiger partial charge in [-0.1, -0.05) is 6.07 Å². The molecule has 114 valence electrons. The van der Waals surface area contributed by atoms with Crippen molar-refractivity contribution in [2.75, 3.05) is 18.5 Å². The number of aryl methyl sites for hydroxylation is 1. The SMILES string of the molecule is COc1cccc(N(C)S(=O)(=O)c2cc(CCl)sc2C)c1. The number of benzene rings is 1. The maximum absolute atomic E-state index is 12.7. The summed E-state index contributed by atoms with van der Waals surface area (Å²) in [6.07, 6.45) is 0. The minimum absolute atomic E-state index is 0.300. The van der Waals surface area contributed by atoms with Crippen molar-refractivity contribution in [3.63, 3.8) is 0 Å². The van der Waals surface area contributed by atoms with Gasteiger partial charge in [0.15, 0.2) is 0 Å². The predicted molar refractivity (Wildman–Crippen MR) is 87.2 cm³/mol. The van der Waals surface area contributed by atoms with E-state index in [1.54, 1.807) is 44.4 Å². The lowest BCUT2D eigenvalue weighted by Gasteiger charge is -2.19. The normalized spacial score (nSPS) is 11.4. The first-order chi connectivity index (χ1) is 9.90. The van der Waals surface area contributed by atoms with Gasteiger partial charge in [-0.15, -0.1) is 22.9 Å². The average Bonchev–Trinajstić information content (AvgIpc) is 2.88. The van der Waals surface area contributed by atoms with Crippen LogP contribution in [0.2, 0.25) is 0 Å². The molecule has 0 atom stereocenters. The molecule has 0 saturated carbocycles. The first-order valence-corrected chi connectivity index (χ1v) is 8.97. The highest BCUT2D eigenvalue weighted by atomic mass is 35.5. The van der Waals surface area contributed by atoms with Crippen LogP contribution in [0.3, 0.4) is 0 Å². The summed E-state index contributed by atoms with van der Waals surface area (Å²) in [6.45, 7) is 1.78. The van der Waals surface area contributed by atoms with Gasteiger partial charge in [0.05, 0.1) is 18.7 Å². The molecule has 0 N–H and O–H groups in total. The molecule has 0 saturated heterocycles. The second kappa shape index (κ2) is 6.25. The van der Waals surface area contributed by atoms with Crippen molar-refractivity contribution in [1.29, 1.82) is 0 Å². The molecular weight excluding hydrogens is 330 g/mol. The molecule has 0 aliphatic carbocycles. The summed E-state index contributed by atoms with van der Waals surface area (Å²) in [6, 6.07) is 8.57. The zero-order valence-corrected chi connectivity index (χ0v) is 14.3. The molecule has 0 bridgehead atoms. The molecule has 0 fully saturated rings. The highest BCUT2D eigenvalue weighted by Crippen LogP contribution is 2.31. The number of hydrogen-bond donors (Lipinski definition) is 0. The number of alkyl halides is 1. The Morgan fingerprint density at radius 3 is 2.62 bits per heavy atom. The molecule has 1 aromatic carbocycles. The van der Waals surface area contributed by atoms with Crippen molar-refractivity contribution in [2.24, 2.45) is 0 Å². The lowest BCUT2D eigenvalue weighted by molar-refractivity contribution is 0.415. The fraction of sp³-hybridized carbons (Fsp3) is 0.286. The van der Waals surface area contributed by atoms with E-state index >= 15 is 0 Å². The molecule has 0 radical (unpaired) electrons. The number of nitrogens with zero attached hydrogens (tertiary/aromatic N) is 1. The van der Waals surface area contributed by atoms with E-state index in [0.29, 0.717) is 22.2 Å². The average molecular weight is 346 g/mol. The minimum Gasteiger partial charge on any atom is -0.497 e. The van der Waals surface area contributed by atoms with E-state index in [-0.39, 0.29) is 0 Å². The maximum Gasteiger partial charge on any atom is 0.265 e. The van der Waals surface area contributed by atoms with E-state index in [9.17, 15) is 8.42 Å². The summed E-state index contributed by atoms with van der Waals surface area (Å²) in [5, 5.41) is 0. The Labute approximate surface area is 134 Å². The summed E-state index contributed by atoms with van der Waals surface area (Å²) in [5.41, 5.74) is 0.548. The van der Waals surface area contributed by atoms with Crippen LogP contribution in [-0.4, -0.2) is 22.6 Å². The number of sulfonamides is 1. The molecule has 1 aromatic heterocycles. The van der Waals surface area contributed by atoms with Crippen LogP contribution >= 0.6 is 22.9 Å². The van der Waals surface area contributed by atoms with E-state index in [1.165, 1.54) is 22.7 Å². The molecule has 0 unspecified atom stereocenters. The number of rotatable bonds is 5. The van der Waals surface area contributed by atoms with Gasteiger partial charge in [-0.3, -0.25) is 4.31 Å². The molecule has 2 aromatic rings. The smallest absolute Gasteiger partial charge is 0.265 e. The van der Waals surface area contributed by atoms with Gasteiger partial charge in [0, 0.05) is 22.9 Å². The van der Waals surface area contributed by atoms with Gasteiger partial charge in [0.2, 0.25) is 0 Å². The van der Waals surface area contributed by atoms with Crippen molar-refractivity contribution in [3.05, 3.63) is 40.1 Å². The third-order valence-corrected chi connectivity index (χ3v) is 6.65. The molecular formula is C14H16ClNO3S2. The fourth-order valence-electron chi connectivity index (χ4n) is 1.94. The third kappa shape index (κ3) is 3.17. The van der Waals surface area contributed by atoms with Crippen molar-refractivity contribution < 1.29 is 13.2 Å². The third-order valence-electron chi connectivity index (χ3n) is 3.11. The van der Waals surface area contributed by atoms with Gasteiger partial charge < -0.3 is 4.74 Å². The second-order valence-electron chi connectivity index (χ2n) is 4.44. The highest BCUT2D eigenvalue weighted by Gasteiger charge is 2.25. The Balaban J connectivity index is 2.44. The van der Waals surface area contributed by atoms with Crippen LogP contribution in [-0.2, 0) is 15.9 Å². The lowest BCUT2D eigenvalue weighted by Crippen LogP contribution is -2.26. The van der Waals surface area contributed by atoms with Crippen LogP contribution in [0, 0.1) is 6.92 Å². The van der Waals surface area contributed by atoms with Crippen LogP contribution in [0.25, 0.3) is 0 Å². The summed E-state index contributed by atoms with van der Waals surface area (Å²) >= 11 is 7.18. The number of ether oxygens (including phenoxy) is 1.